The Morgan fingerprint density at radius 3 is 2.00 bits per heavy atom. The number of rotatable bonds is 3. The maximum atomic E-state index is 12.7. The Kier molecular flexibility index (Phi) is 3.58. The van der Waals surface area contributed by atoms with Crippen LogP contribution in [0.25, 0.3) is 0 Å². The van der Waals surface area contributed by atoms with Crippen LogP contribution >= 0.6 is 0 Å². The second-order valence-corrected chi connectivity index (χ2v) is 6.22. The summed E-state index contributed by atoms with van der Waals surface area (Å²) in [6.07, 6.45) is 7.33. The van der Waals surface area contributed by atoms with E-state index >= 15 is 0 Å². The summed E-state index contributed by atoms with van der Waals surface area (Å²) in [4.78, 5) is 14.9. The van der Waals surface area contributed by atoms with Gasteiger partial charge < -0.3 is 4.90 Å². The van der Waals surface area contributed by atoms with E-state index in [2.05, 4.69) is 11.8 Å². The molecule has 1 amide bonds. The monoisotopic (exact) mass is 257 g/mol. The molecule has 102 valence electrons. The second-order valence-electron chi connectivity index (χ2n) is 6.22. The molecule has 0 saturated heterocycles. The molecule has 0 heterocycles. The molecule has 0 aromatic heterocycles. The van der Waals surface area contributed by atoms with Crippen LogP contribution in [0.2, 0.25) is 0 Å². The van der Waals surface area contributed by atoms with E-state index in [1.807, 2.05) is 30.3 Å². The van der Waals surface area contributed by atoms with E-state index < -0.39 is 0 Å². The lowest BCUT2D eigenvalue weighted by atomic mass is 9.86. The Labute approximate surface area is 115 Å². The standard InChI is InChI=1S/C17H23NO/c1-13-7-9-15(10-8-13)18(16-11-12-16)17(19)14-5-3-2-4-6-14/h2-6,13,15-16H,7-12H2,1H3. The van der Waals surface area contributed by atoms with Gasteiger partial charge in [0.05, 0.1) is 0 Å². The second kappa shape index (κ2) is 5.36. The summed E-state index contributed by atoms with van der Waals surface area (Å²) < 4.78 is 0. The number of carbonyl (C=O) groups excluding carboxylic acids is 1. The Morgan fingerprint density at radius 1 is 0.947 bits per heavy atom. The highest BCUT2D eigenvalue weighted by Gasteiger charge is 2.38. The van der Waals surface area contributed by atoms with E-state index in [-0.39, 0.29) is 5.91 Å². The van der Waals surface area contributed by atoms with Crippen molar-refractivity contribution in [2.24, 2.45) is 5.92 Å². The predicted octanol–water partition coefficient (Wildman–Crippen LogP) is 3.87. The van der Waals surface area contributed by atoms with Crippen LogP contribution in [0.5, 0.6) is 0 Å². The molecule has 2 aliphatic rings. The molecule has 3 rings (SSSR count). The molecule has 2 nitrogen and oxygen atoms in total. The van der Waals surface area contributed by atoms with Crippen LogP contribution < -0.4 is 0 Å². The molecule has 0 radical (unpaired) electrons. The number of nitrogens with zero attached hydrogens (tertiary/aromatic N) is 1. The van der Waals surface area contributed by atoms with E-state index in [0.717, 1.165) is 11.5 Å². The molecule has 2 fully saturated rings. The lowest BCUT2D eigenvalue weighted by molar-refractivity contribution is 0.0593. The number of benzene rings is 1. The molecule has 2 heteroatoms. The van der Waals surface area contributed by atoms with Crippen molar-refractivity contribution >= 4 is 5.91 Å². The summed E-state index contributed by atoms with van der Waals surface area (Å²) in [6, 6.07) is 10.8. The molecular formula is C17H23NO. The van der Waals surface area contributed by atoms with Gasteiger partial charge in [-0.15, -0.1) is 0 Å². The first-order valence-electron chi connectivity index (χ1n) is 7.63. The van der Waals surface area contributed by atoms with Gasteiger partial charge in [0.1, 0.15) is 0 Å². The van der Waals surface area contributed by atoms with Gasteiger partial charge in [0.15, 0.2) is 0 Å². The van der Waals surface area contributed by atoms with Gasteiger partial charge in [0.2, 0.25) is 0 Å². The van der Waals surface area contributed by atoms with Gasteiger partial charge in [-0.05, 0) is 56.6 Å². The first-order valence-corrected chi connectivity index (χ1v) is 7.63. The molecule has 1 aromatic carbocycles. The number of carbonyl (C=O) groups is 1. The zero-order valence-electron chi connectivity index (χ0n) is 11.7. The Bertz CT molecular complexity index is 430. The third kappa shape index (κ3) is 2.83. The van der Waals surface area contributed by atoms with Crippen LogP contribution in [-0.2, 0) is 0 Å². The molecule has 0 unspecified atom stereocenters. The SMILES string of the molecule is CC1CCC(N(C(=O)c2ccccc2)C2CC2)CC1. The molecule has 1 aromatic rings. The largest absolute Gasteiger partial charge is 0.333 e. The van der Waals surface area contributed by atoms with Crippen molar-refractivity contribution in [3.05, 3.63) is 35.9 Å². The van der Waals surface area contributed by atoms with E-state index in [9.17, 15) is 4.79 Å². The molecule has 0 N–H and O–H groups in total. The Hall–Kier alpha value is -1.31. The van der Waals surface area contributed by atoms with Crippen molar-refractivity contribution < 1.29 is 4.79 Å². The minimum absolute atomic E-state index is 0.252. The van der Waals surface area contributed by atoms with Crippen LogP contribution in [0.15, 0.2) is 30.3 Å². The maximum Gasteiger partial charge on any atom is 0.254 e. The molecule has 19 heavy (non-hydrogen) atoms. The minimum atomic E-state index is 0.252. The molecule has 0 spiro atoms. The van der Waals surface area contributed by atoms with Crippen LogP contribution in [0.1, 0.15) is 55.8 Å². The van der Waals surface area contributed by atoms with Crippen LogP contribution in [0.3, 0.4) is 0 Å². The van der Waals surface area contributed by atoms with E-state index in [0.29, 0.717) is 12.1 Å². The smallest absolute Gasteiger partial charge is 0.254 e. The predicted molar refractivity (Wildman–Crippen MR) is 77.1 cm³/mol. The molecule has 0 atom stereocenters. The van der Waals surface area contributed by atoms with Gasteiger partial charge in [-0.3, -0.25) is 4.79 Å². The summed E-state index contributed by atoms with van der Waals surface area (Å²) in [6.45, 7) is 2.33. The summed E-state index contributed by atoms with van der Waals surface area (Å²) in [7, 11) is 0. The molecule has 2 saturated carbocycles. The van der Waals surface area contributed by atoms with Gasteiger partial charge in [-0.2, -0.15) is 0 Å². The van der Waals surface area contributed by atoms with Crippen molar-refractivity contribution in [2.45, 2.75) is 57.5 Å². The van der Waals surface area contributed by atoms with Crippen LogP contribution in [0.4, 0.5) is 0 Å². The van der Waals surface area contributed by atoms with Crippen molar-refractivity contribution in [3.8, 4) is 0 Å². The first kappa shape index (κ1) is 12.7. The van der Waals surface area contributed by atoms with Crippen LogP contribution in [-0.4, -0.2) is 22.9 Å². The Balaban J connectivity index is 1.76. The van der Waals surface area contributed by atoms with Crippen molar-refractivity contribution in [1.29, 1.82) is 0 Å². The average molecular weight is 257 g/mol. The Morgan fingerprint density at radius 2 is 1.47 bits per heavy atom. The van der Waals surface area contributed by atoms with Crippen molar-refractivity contribution in [1.82, 2.24) is 4.90 Å². The quantitative estimate of drug-likeness (QED) is 0.805. The fourth-order valence-electron chi connectivity index (χ4n) is 3.23. The lowest BCUT2D eigenvalue weighted by Gasteiger charge is -2.36. The topological polar surface area (TPSA) is 20.3 Å². The van der Waals surface area contributed by atoms with Crippen LogP contribution in [0, 0.1) is 5.92 Å². The van der Waals surface area contributed by atoms with Gasteiger partial charge >= 0.3 is 0 Å². The molecule has 2 aliphatic carbocycles. The fourth-order valence-corrected chi connectivity index (χ4v) is 3.23. The van der Waals surface area contributed by atoms with Crippen molar-refractivity contribution in [2.75, 3.05) is 0 Å². The highest BCUT2D eigenvalue weighted by atomic mass is 16.2. The fraction of sp³-hybridized carbons (Fsp3) is 0.588. The third-order valence-corrected chi connectivity index (χ3v) is 4.57. The first-order chi connectivity index (χ1) is 9.25. The summed E-state index contributed by atoms with van der Waals surface area (Å²) in [5.41, 5.74) is 0.855. The number of amides is 1. The number of hydrogen-bond acceptors (Lipinski definition) is 1. The van der Waals surface area contributed by atoms with E-state index in [1.165, 1.54) is 38.5 Å². The zero-order chi connectivity index (χ0) is 13.2. The third-order valence-electron chi connectivity index (χ3n) is 4.57. The van der Waals surface area contributed by atoms with E-state index in [4.69, 9.17) is 0 Å². The maximum absolute atomic E-state index is 12.7. The highest BCUT2D eigenvalue weighted by Crippen LogP contribution is 2.36. The minimum Gasteiger partial charge on any atom is -0.333 e. The van der Waals surface area contributed by atoms with Gasteiger partial charge in [-0.25, -0.2) is 0 Å². The van der Waals surface area contributed by atoms with E-state index in [1.54, 1.807) is 0 Å². The van der Waals surface area contributed by atoms with Gasteiger partial charge in [0.25, 0.3) is 5.91 Å². The van der Waals surface area contributed by atoms with Crippen molar-refractivity contribution in [3.63, 3.8) is 0 Å². The summed E-state index contributed by atoms with van der Waals surface area (Å²) >= 11 is 0. The summed E-state index contributed by atoms with van der Waals surface area (Å²) in [5.74, 6) is 1.09. The molecule has 0 aliphatic heterocycles. The van der Waals surface area contributed by atoms with Gasteiger partial charge in [-0.1, -0.05) is 25.1 Å². The lowest BCUT2D eigenvalue weighted by Crippen LogP contribution is -2.43. The average Bonchev–Trinajstić information content (AvgIpc) is 3.27. The molecular weight excluding hydrogens is 234 g/mol. The zero-order valence-corrected chi connectivity index (χ0v) is 11.7. The highest BCUT2D eigenvalue weighted by molar-refractivity contribution is 5.94. The number of hydrogen-bond donors (Lipinski definition) is 0. The normalized spacial score (nSPS) is 27.0. The van der Waals surface area contributed by atoms with Gasteiger partial charge in [0, 0.05) is 17.6 Å². The summed E-state index contributed by atoms with van der Waals surface area (Å²) in [5, 5.41) is 0. The molecule has 0 bridgehead atoms.